The molecule has 32 heavy (non-hydrogen) atoms. The number of hydrogen-bond donors (Lipinski definition) is 1. The first-order chi connectivity index (χ1) is 15.5. The fourth-order valence-corrected chi connectivity index (χ4v) is 5.58. The molecule has 0 bridgehead atoms. The van der Waals surface area contributed by atoms with Crippen LogP contribution in [0.4, 0.5) is 0 Å². The molecule has 0 saturated carbocycles. The molecule has 1 saturated heterocycles. The average Bonchev–Trinajstić information content (AvgIpc) is 3.11. The van der Waals surface area contributed by atoms with E-state index in [2.05, 4.69) is 4.72 Å². The van der Waals surface area contributed by atoms with E-state index in [1.165, 1.54) is 17.8 Å². The first kappa shape index (κ1) is 22.9. The normalized spacial score (nSPS) is 18.8. The van der Waals surface area contributed by atoms with Crippen molar-refractivity contribution in [1.82, 2.24) is 9.62 Å². The van der Waals surface area contributed by atoms with Crippen molar-refractivity contribution in [3.8, 4) is 11.5 Å². The van der Waals surface area contributed by atoms with Gasteiger partial charge in [-0.25, -0.2) is 13.1 Å². The van der Waals surface area contributed by atoms with E-state index in [1.54, 1.807) is 18.2 Å². The summed E-state index contributed by atoms with van der Waals surface area (Å²) >= 11 is 1.44. The molecule has 0 aromatic heterocycles. The summed E-state index contributed by atoms with van der Waals surface area (Å²) in [4.78, 5) is 15.9. The van der Waals surface area contributed by atoms with Gasteiger partial charge in [-0.15, -0.1) is 11.8 Å². The lowest BCUT2D eigenvalue weighted by Crippen LogP contribution is -2.40. The Morgan fingerprint density at radius 3 is 2.53 bits per heavy atom. The third-order valence-electron chi connectivity index (χ3n) is 5.67. The fraction of sp³-hybridized carbons (Fsp3) is 0.435. The molecular weight excluding hydrogens is 448 g/mol. The molecule has 2 aromatic rings. The zero-order valence-corrected chi connectivity index (χ0v) is 19.7. The Morgan fingerprint density at radius 1 is 1.09 bits per heavy atom. The fourth-order valence-electron chi connectivity index (χ4n) is 3.92. The Bertz CT molecular complexity index is 1070. The molecule has 7 nitrogen and oxygen atoms in total. The Hall–Kier alpha value is -2.23. The zero-order valence-electron chi connectivity index (χ0n) is 18.1. The maximum Gasteiger partial charge on any atom is 0.255 e. The second kappa shape index (κ2) is 10.1. The van der Waals surface area contributed by atoms with Crippen molar-refractivity contribution in [3.05, 3.63) is 48.0 Å². The van der Waals surface area contributed by atoms with Gasteiger partial charge in [0.15, 0.2) is 11.5 Å². The summed E-state index contributed by atoms with van der Waals surface area (Å²) in [7, 11) is -3.82. The third kappa shape index (κ3) is 5.22. The van der Waals surface area contributed by atoms with Crippen LogP contribution < -0.4 is 14.2 Å². The standard InChI is InChI=1S/C23H28N2O5S2/c1-31-22-11-10-18(14-19(22)23(26)25-12-6-2-3-7-13-25)32(27,28)24-15-17-16-29-20-8-4-5-9-21(20)30-17/h4-5,8-11,14,17,24H,2-3,6-7,12-13,15-16H2,1H3/t17-/m1/s1. The Labute approximate surface area is 193 Å². The molecule has 0 radical (unpaired) electrons. The van der Waals surface area contributed by atoms with E-state index in [9.17, 15) is 13.2 Å². The number of nitrogens with one attached hydrogen (secondary N) is 1. The highest BCUT2D eigenvalue weighted by Crippen LogP contribution is 2.31. The summed E-state index contributed by atoms with van der Waals surface area (Å²) in [6, 6.07) is 12.0. The number of carbonyl (C=O) groups is 1. The summed E-state index contributed by atoms with van der Waals surface area (Å²) in [6.07, 6.45) is 5.64. The quantitative estimate of drug-likeness (QED) is 0.642. The number of sulfonamides is 1. The highest BCUT2D eigenvalue weighted by molar-refractivity contribution is 7.98. The van der Waals surface area contributed by atoms with Crippen molar-refractivity contribution >= 4 is 27.7 Å². The first-order valence-electron chi connectivity index (χ1n) is 10.8. The Balaban J connectivity index is 1.48. The second-order valence-corrected chi connectivity index (χ2v) is 10.5. The molecule has 2 aromatic carbocycles. The molecule has 1 atom stereocenters. The molecular formula is C23H28N2O5S2. The molecule has 0 unspecified atom stereocenters. The lowest BCUT2D eigenvalue weighted by molar-refractivity contribution is 0.0758. The van der Waals surface area contributed by atoms with Crippen molar-refractivity contribution in [2.75, 3.05) is 32.5 Å². The second-order valence-electron chi connectivity index (χ2n) is 7.92. The molecule has 0 spiro atoms. The molecule has 1 N–H and O–H groups in total. The van der Waals surface area contributed by atoms with Gasteiger partial charge in [0.2, 0.25) is 10.0 Å². The van der Waals surface area contributed by atoms with Crippen molar-refractivity contribution < 1.29 is 22.7 Å². The van der Waals surface area contributed by atoms with E-state index in [0.717, 1.165) is 30.6 Å². The molecule has 9 heteroatoms. The van der Waals surface area contributed by atoms with Crippen LogP contribution in [0.5, 0.6) is 11.5 Å². The predicted molar refractivity (Wildman–Crippen MR) is 124 cm³/mol. The number of ether oxygens (including phenoxy) is 2. The predicted octanol–water partition coefficient (Wildman–Crippen LogP) is 3.54. The lowest BCUT2D eigenvalue weighted by Gasteiger charge is -2.26. The Morgan fingerprint density at radius 2 is 1.81 bits per heavy atom. The number of fused-ring (bicyclic) bond motifs is 1. The third-order valence-corrected chi connectivity index (χ3v) is 7.89. The van der Waals surface area contributed by atoms with E-state index in [4.69, 9.17) is 9.47 Å². The molecule has 1 amide bonds. The molecule has 1 fully saturated rings. The lowest BCUT2D eigenvalue weighted by atomic mass is 10.2. The summed E-state index contributed by atoms with van der Waals surface area (Å²) in [5.41, 5.74) is 0.438. The van der Waals surface area contributed by atoms with Crippen LogP contribution in [0.1, 0.15) is 36.0 Å². The van der Waals surface area contributed by atoms with Gasteiger partial charge in [0.05, 0.1) is 17.0 Å². The summed E-state index contributed by atoms with van der Waals surface area (Å²) in [5.74, 6) is 1.14. The van der Waals surface area contributed by atoms with Crippen LogP contribution >= 0.6 is 11.8 Å². The number of amides is 1. The van der Waals surface area contributed by atoms with E-state index >= 15 is 0 Å². The van der Waals surface area contributed by atoms with Crippen LogP contribution in [0.25, 0.3) is 0 Å². The van der Waals surface area contributed by atoms with Gasteiger partial charge >= 0.3 is 0 Å². The molecule has 2 heterocycles. The zero-order chi connectivity index (χ0) is 22.6. The van der Waals surface area contributed by atoms with Gasteiger partial charge in [0, 0.05) is 18.0 Å². The smallest absolute Gasteiger partial charge is 0.255 e. The topological polar surface area (TPSA) is 84.9 Å². The highest BCUT2D eigenvalue weighted by atomic mass is 32.2. The number of likely N-dealkylation sites (tertiary alicyclic amines) is 1. The van der Waals surface area contributed by atoms with Crippen LogP contribution in [0.15, 0.2) is 52.3 Å². The molecule has 4 rings (SSSR count). The number of hydrogen-bond acceptors (Lipinski definition) is 6. The van der Waals surface area contributed by atoms with Crippen LogP contribution in [-0.4, -0.2) is 57.8 Å². The largest absolute Gasteiger partial charge is 0.486 e. The number of rotatable bonds is 6. The Kier molecular flexibility index (Phi) is 7.27. The monoisotopic (exact) mass is 476 g/mol. The molecule has 0 aliphatic carbocycles. The van der Waals surface area contributed by atoms with Crippen LogP contribution in [0.2, 0.25) is 0 Å². The number of nitrogens with zero attached hydrogens (tertiary/aromatic N) is 1. The number of para-hydroxylation sites is 2. The summed E-state index contributed by atoms with van der Waals surface area (Å²) < 4.78 is 40.1. The minimum atomic E-state index is -3.82. The molecule has 172 valence electrons. The van der Waals surface area contributed by atoms with Gasteiger partial charge in [0.25, 0.3) is 5.91 Å². The van der Waals surface area contributed by atoms with Gasteiger partial charge < -0.3 is 14.4 Å². The van der Waals surface area contributed by atoms with Gasteiger partial charge in [-0.2, -0.15) is 0 Å². The maximum absolute atomic E-state index is 13.2. The molecule has 2 aliphatic heterocycles. The van der Waals surface area contributed by atoms with Crippen LogP contribution in [0.3, 0.4) is 0 Å². The average molecular weight is 477 g/mol. The SMILES string of the molecule is CSc1ccc(S(=O)(=O)NC[C@@H]2COc3ccccc3O2)cc1C(=O)N1CCCCCC1. The first-order valence-corrected chi connectivity index (χ1v) is 13.5. The van der Waals surface area contributed by atoms with E-state index < -0.39 is 16.1 Å². The van der Waals surface area contributed by atoms with E-state index in [0.29, 0.717) is 30.2 Å². The maximum atomic E-state index is 13.2. The van der Waals surface area contributed by atoms with Gasteiger partial charge in [0.1, 0.15) is 12.7 Å². The van der Waals surface area contributed by atoms with E-state index in [1.807, 2.05) is 29.4 Å². The number of carbonyl (C=O) groups excluding carboxylic acids is 1. The van der Waals surface area contributed by atoms with E-state index in [-0.39, 0.29) is 24.0 Å². The van der Waals surface area contributed by atoms with Crippen molar-refractivity contribution in [1.29, 1.82) is 0 Å². The number of benzene rings is 2. The summed E-state index contributed by atoms with van der Waals surface area (Å²) in [5, 5.41) is 0. The van der Waals surface area contributed by atoms with Crippen LogP contribution in [-0.2, 0) is 10.0 Å². The van der Waals surface area contributed by atoms with Crippen molar-refractivity contribution in [2.24, 2.45) is 0 Å². The molecule has 2 aliphatic rings. The minimum Gasteiger partial charge on any atom is -0.486 e. The minimum absolute atomic E-state index is 0.0658. The van der Waals surface area contributed by atoms with Crippen molar-refractivity contribution in [3.63, 3.8) is 0 Å². The van der Waals surface area contributed by atoms with Crippen LogP contribution in [0, 0.1) is 0 Å². The number of thioether (sulfide) groups is 1. The summed E-state index contributed by atoms with van der Waals surface area (Å²) in [6.45, 7) is 1.74. The highest BCUT2D eigenvalue weighted by Gasteiger charge is 2.26. The van der Waals surface area contributed by atoms with Crippen molar-refractivity contribution in [2.45, 2.75) is 41.6 Å². The van der Waals surface area contributed by atoms with Gasteiger partial charge in [-0.3, -0.25) is 4.79 Å². The van der Waals surface area contributed by atoms with Gasteiger partial charge in [-0.1, -0.05) is 25.0 Å². The van der Waals surface area contributed by atoms with Gasteiger partial charge in [-0.05, 0) is 49.4 Å².